The maximum Gasteiger partial charge on any atom is 0.187 e. The minimum absolute atomic E-state index is 0.279. The van der Waals surface area contributed by atoms with Gasteiger partial charge in [-0.2, -0.15) is 0 Å². The standard InChI is InChI=1S/C15H17ClN2O2S/c1-11-6-17-15(18-7-11)21-10-14(19)9-20-8-12-2-4-13(16)5-3-12/h2-7,14,19H,8-10H2,1H3. The Labute approximate surface area is 133 Å². The normalized spacial score (nSPS) is 12.3. The van der Waals surface area contributed by atoms with Gasteiger partial charge >= 0.3 is 0 Å². The van der Waals surface area contributed by atoms with Crippen molar-refractivity contribution in [1.82, 2.24) is 9.97 Å². The molecule has 2 aromatic rings. The van der Waals surface area contributed by atoms with Gasteiger partial charge in [0.25, 0.3) is 0 Å². The van der Waals surface area contributed by atoms with Crippen LogP contribution in [0, 0.1) is 6.92 Å². The molecular formula is C15H17ClN2O2S. The number of benzene rings is 1. The molecule has 2 rings (SSSR count). The minimum Gasteiger partial charge on any atom is -0.390 e. The van der Waals surface area contributed by atoms with E-state index in [1.165, 1.54) is 11.8 Å². The number of aromatic nitrogens is 2. The zero-order chi connectivity index (χ0) is 15.1. The van der Waals surface area contributed by atoms with E-state index in [1.54, 1.807) is 12.4 Å². The largest absolute Gasteiger partial charge is 0.390 e. The lowest BCUT2D eigenvalue weighted by molar-refractivity contribution is 0.0398. The first-order valence-corrected chi connectivity index (χ1v) is 7.91. The summed E-state index contributed by atoms with van der Waals surface area (Å²) >= 11 is 7.23. The average molecular weight is 325 g/mol. The van der Waals surface area contributed by atoms with E-state index in [-0.39, 0.29) is 6.61 Å². The molecule has 1 N–H and O–H groups in total. The predicted octanol–water partition coefficient (Wildman–Crippen LogP) is 3.11. The average Bonchev–Trinajstić information content (AvgIpc) is 2.49. The Morgan fingerprint density at radius 2 is 1.90 bits per heavy atom. The monoisotopic (exact) mass is 324 g/mol. The van der Waals surface area contributed by atoms with Crippen molar-refractivity contribution in [2.24, 2.45) is 0 Å². The molecule has 6 heteroatoms. The van der Waals surface area contributed by atoms with Gasteiger partial charge in [0.05, 0.1) is 19.3 Å². The summed E-state index contributed by atoms with van der Waals surface area (Å²) < 4.78 is 5.48. The predicted molar refractivity (Wildman–Crippen MR) is 84.6 cm³/mol. The molecule has 0 saturated carbocycles. The van der Waals surface area contributed by atoms with Crippen LogP contribution in [0.3, 0.4) is 0 Å². The minimum atomic E-state index is -0.549. The Morgan fingerprint density at radius 3 is 2.57 bits per heavy atom. The van der Waals surface area contributed by atoms with Crippen LogP contribution in [0.15, 0.2) is 41.8 Å². The van der Waals surface area contributed by atoms with Crippen molar-refractivity contribution in [3.63, 3.8) is 0 Å². The summed E-state index contributed by atoms with van der Waals surface area (Å²) in [4.78, 5) is 8.35. The highest BCUT2D eigenvalue weighted by molar-refractivity contribution is 7.99. The molecule has 0 aliphatic rings. The van der Waals surface area contributed by atoms with Crippen molar-refractivity contribution < 1.29 is 9.84 Å². The quantitative estimate of drug-likeness (QED) is 0.626. The highest BCUT2D eigenvalue weighted by Crippen LogP contribution is 2.14. The van der Waals surface area contributed by atoms with Gasteiger partial charge in [0.15, 0.2) is 5.16 Å². The van der Waals surface area contributed by atoms with E-state index in [1.807, 2.05) is 31.2 Å². The number of aliphatic hydroxyl groups is 1. The molecule has 0 fully saturated rings. The Morgan fingerprint density at radius 1 is 1.24 bits per heavy atom. The lowest BCUT2D eigenvalue weighted by atomic mass is 10.2. The first-order chi connectivity index (χ1) is 10.1. The number of halogens is 1. The van der Waals surface area contributed by atoms with Gasteiger partial charge in [-0.05, 0) is 30.2 Å². The summed E-state index contributed by atoms with van der Waals surface area (Å²) in [5, 5.41) is 11.2. The van der Waals surface area contributed by atoms with Gasteiger partial charge < -0.3 is 9.84 Å². The van der Waals surface area contributed by atoms with E-state index in [0.717, 1.165) is 11.1 Å². The first-order valence-electron chi connectivity index (χ1n) is 6.55. The van der Waals surface area contributed by atoms with Gasteiger partial charge in [-0.3, -0.25) is 0 Å². The van der Waals surface area contributed by atoms with Crippen molar-refractivity contribution in [1.29, 1.82) is 0 Å². The second kappa shape index (κ2) is 8.34. The van der Waals surface area contributed by atoms with Gasteiger partial charge in [-0.25, -0.2) is 9.97 Å². The van der Waals surface area contributed by atoms with Crippen molar-refractivity contribution >= 4 is 23.4 Å². The van der Waals surface area contributed by atoms with Gasteiger partial charge in [-0.1, -0.05) is 35.5 Å². The highest BCUT2D eigenvalue weighted by Gasteiger charge is 2.07. The smallest absolute Gasteiger partial charge is 0.187 e. The van der Waals surface area contributed by atoms with E-state index in [4.69, 9.17) is 16.3 Å². The van der Waals surface area contributed by atoms with Crippen LogP contribution in [0.2, 0.25) is 5.02 Å². The van der Waals surface area contributed by atoms with Crippen LogP contribution < -0.4 is 0 Å². The molecule has 0 aliphatic carbocycles. The Hall–Kier alpha value is -1.14. The lowest BCUT2D eigenvalue weighted by Crippen LogP contribution is -2.18. The number of aliphatic hydroxyl groups excluding tert-OH is 1. The molecule has 1 aromatic heterocycles. The molecule has 1 unspecified atom stereocenters. The maximum atomic E-state index is 9.86. The van der Waals surface area contributed by atoms with Gasteiger partial charge in [-0.15, -0.1) is 0 Å². The van der Waals surface area contributed by atoms with Gasteiger partial charge in [0, 0.05) is 23.2 Å². The number of thioether (sulfide) groups is 1. The fourth-order valence-corrected chi connectivity index (χ4v) is 2.39. The summed E-state index contributed by atoms with van der Waals surface area (Å²) in [6.45, 7) is 2.68. The zero-order valence-electron chi connectivity index (χ0n) is 11.7. The van der Waals surface area contributed by atoms with Gasteiger partial charge in [0.1, 0.15) is 0 Å². The molecule has 112 valence electrons. The van der Waals surface area contributed by atoms with Crippen molar-refractivity contribution in [2.45, 2.75) is 24.8 Å². The van der Waals surface area contributed by atoms with E-state index in [2.05, 4.69) is 9.97 Å². The summed E-state index contributed by atoms with van der Waals surface area (Å²) in [6, 6.07) is 7.45. The summed E-state index contributed by atoms with van der Waals surface area (Å²) in [6.07, 6.45) is 2.98. The highest BCUT2D eigenvalue weighted by atomic mass is 35.5. The van der Waals surface area contributed by atoms with Crippen LogP contribution in [-0.2, 0) is 11.3 Å². The van der Waals surface area contributed by atoms with Crippen LogP contribution >= 0.6 is 23.4 Å². The topological polar surface area (TPSA) is 55.2 Å². The molecule has 0 spiro atoms. The Bertz CT molecular complexity index is 549. The fraction of sp³-hybridized carbons (Fsp3) is 0.333. The number of ether oxygens (including phenoxy) is 1. The number of nitrogens with zero attached hydrogens (tertiary/aromatic N) is 2. The number of hydrogen-bond acceptors (Lipinski definition) is 5. The molecule has 0 bridgehead atoms. The van der Waals surface area contributed by atoms with E-state index in [9.17, 15) is 5.11 Å². The second-order valence-corrected chi connectivity index (χ2v) is 6.07. The molecule has 21 heavy (non-hydrogen) atoms. The first kappa shape index (κ1) is 16.2. The van der Waals surface area contributed by atoms with Crippen molar-refractivity contribution in [3.8, 4) is 0 Å². The van der Waals surface area contributed by atoms with Crippen LogP contribution in [-0.4, -0.2) is 33.5 Å². The third-order valence-electron chi connectivity index (χ3n) is 2.65. The van der Waals surface area contributed by atoms with Crippen LogP contribution in [0.25, 0.3) is 0 Å². The van der Waals surface area contributed by atoms with Crippen molar-refractivity contribution in [2.75, 3.05) is 12.4 Å². The van der Waals surface area contributed by atoms with E-state index in [0.29, 0.717) is 22.5 Å². The molecule has 1 aromatic carbocycles. The third-order valence-corrected chi connectivity index (χ3v) is 3.93. The lowest BCUT2D eigenvalue weighted by Gasteiger charge is -2.10. The molecule has 4 nitrogen and oxygen atoms in total. The summed E-state index contributed by atoms with van der Waals surface area (Å²) in [5.74, 6) is 0.504. The SMILES string of the molecule is Cc1cnc(SCC(O)COCc2ccc(Cl)cc2)nc1. The zero-order valence-corrected chi connectivity index (χ0v) is 13.3. The number of hydrogen-bond donors (Lipinski definition) is 1. The summed E-state index contributed by atoms with van der Waals surface area (Å²) in [5.41, 5.74) is 2.05. The Balaban J connectivity index is 1.66. The van der Waals surface area contributed by atoms with Gasteiger partial charge in [0.2, 0.25) is 0 Å². The molecule has 0 radical (unpaired) electrons. The molecule has 0 saturated heterocycles. The van der Waals surface area contributed by atoms with Crippen LogP contribution in [0.5, 0.6) is 0 Å². The molecule has 0 aliphatic heterocycles. The third kappa shape index (κ3) is 6.01. The fourth-order valence-electron chi connectivity index (χ4n) is 1.57. The maximum absolute atomic E-state index is 9.86. The second-order valence-electron chi connectivity index (χ2n) is 4.65. The molecular weight excluding hydrogens is 308 g/mol. The Kier molecular flexibility index (Phi) is 6.45. The molecule has 1 heterocycles. The summed E-state index contributed by atoms with van der Waals surface area (Å²) in [7, 11) is 0. The molecule has 1 atom stereocenters. The number of rotatable bonds is 7. The number of aryl methyl sites for hydroxylation is 1. The molecule has 0 amide bonds. The van der Waals surface area contributed by atoms with Crippen LogP contribution in [0.4, 0.5) is 0 Å². The van der Waals surface area contributed by atoms with E-state index < -0.39 is 6.10 Å². The van der Waals surface area contributed by atoms with E-state index >= 15 is 0 Å². The van der Waals surface area contributed by atoms with Crippen LogP contribution in [0.1, 0.15) is 11.1 Å². The van der Waals surface area contributed by atoms with Crippen molar-refractivity contribution in [3.05, 3.63) is 52.8 Å².